The van der Waals surface area contributed by atoms with Crippen molar-refractivity contribution >= 4 is 11.9 Å². The first kappa shape index (κ1) is 14.6. The Kier molecular flexibility index (Phi) is 4.22. The first-order chi connectivity index (χ1) is 10.0. The quantitative estimate of drug-likeness (QED) is 0.770. The minimum absolute atomic E-state index is 0.0554. The number of nitrogens with zero attached hydrogens (tertiary/aromatic N) is 1. The zero-order valence-electron chi connectivity index (χ0n) is 11.6. The Labute approximate surface area is 120 Å². The number of carbonyl (C=O) groups is 2. The standard InChI is InChI=1S/C14H15N3O4/c1-8-5-11(17-16-8)13(18)15-7-9-3-4-12(21-2)10(6-9)14(19)20/h3-6H,7H2,1-2H3,(H,15,18)(H,16,17)(H,19,20). The van der Waals surface area contributed by atoms with Crippen LogP contribution in [0.3, 0.4) is 0 Å². The minimum Gasteiger partial charge on any atom is -0.496 e. The molecular formula is C14H15N3O4. The monoisotopic (exact) mass is 289 g/mol. The van der Waals surface area contributed by atoms with E-state index in [0.717, 1.165) is 5.69 Å². The van der Waals surface area contributed by atoms with Gasteiger partial charge in [0.25, 0.3) is 5.91 Å². The molecule has 0 saturated heterocycles. The maximum absolute atomic E-state index is 11.8. The van der Waals surface area contributed by atoms with Crippen molar-refractivity contribution in [2.75, 3.05) is 7.11 Å². The summed E-state index contributed by atoms with van der Waals surface area (Å²) in [5.41, 5.74) is 1.80. The van der Waals surface area contributed by atoms with E-state index >= 15 is 0 Å². The second-order valence-electron chi connectivity index (χ2n) is 4.46. The number of H-pyrrole nitrogens is 1. The number of ether oxygens (including phenoxy) is 1. The second kappa shape index (κ2) is 6.08. The predicted octanol–water partition coefficient (Wildman–Crippen LogP) is 1.35. The molecule has 7 nitrogen and oxygen atoms in total. The molecule has 0 unspecified atom stereocenters. The van der Waals surface area contributed by atoms with Crippen molar-refractivity contribution in [2.45, 2.75) is 13.5 Å². The number of aromatic nitrogens is 2. The summed E-state index contributed by atoms with van der Waals surface area (Å²) in [6, 6.07) is 6.36. The van der Waals surface area contributed by atoms with Gasteiger partial charge in [0.15, 0.2) is 0 Å². The van der Waals surface area contributed by atoms with Crippen LogP contribution in [0.1, 0.15) is 32.1 Å². The lowest BCUT2D eigenvalue weighted by molar-refractivity contribution is 0.0693. The van der Waals surface area contributed by atoms with Crippen LogP contribution < -0.4 is 10.1 Å². The van der Waals surface area contributed by atoms with E-state index in [1.165, 1.54) is 13.2 Å². The molecule has 0 spiro atoms. The number of carboxylic acids is 1. The fourth-order valence-corrected chi connectivity index (χ4v) is 1.84. The molecule has 0 atom stereocenters. The number of nitrogens with one attached hydrogen (secondary N) is 2. The van der Waals surface area contributed by atoms with Gasteiger partial charge in [0, 0.05) is 12.2 Å². The van der Waals surface area contributed by atoms with Crippen LogP contribution in [0.15, 0.2) is 24.3 Å². The molecule has 1 aromatic heterocycles. The van der Waals surface area contributed by atoms with Gasteiger partial charge in [-0.1, -0.05) is 6.07 Å². The topological polar surface area (TPSA) is 104 Å². The van der Waals surface area contributed by atoms with Crippen LogP contribution in [0.25, 0.3) is 0 Å². The molecule has 1 heterocycles. The van der Waals surface area contributed by atoms with Crippen molar-refractivity contribution in [3.05, 3.63) is 46.8 Å². The number of hydrogen-bond acceptors (Lipinski definition) is 4. The van der Waals surface area contributed by atoms with Gasteiger partial charge in [-0.25, -0.2) is 4.79 Å². The summed E-state index contributed by atoms with van der Waals surface area (Å²) in [5, 5.41) is 18.3. The average molecular weight is 289 g/mol. The van der Waals surface area contributed by atoms with E-state index in [9.17, 15) is 9.59 Å². The summed E-state index contributed by atoms with van der Waals surface area (Å²) in [4.78, 5) is 23.0. The second-order valence-corrected chi connectivity index (χ2v) is 4.46. The third-order valence-corrected chi connectivity index (χ3v) is 2.89. The Balaban J connectivity index is 2.08. The van der Waals surface area contributed by atoms with Crippen molar-refractivity contribution in [1.82, 2.24) is 15.5 Å². The normalized spacial score (nSPS) is 10.2. The molecule has 2 aromatic rings. The molecular weight excluding hydrogens is 274 g/mol. The van der Waals surface area contributed by atoms with Gasteiger partial charge in [-0.3, -0.25) is 9.89 Å². The zero-order chi connectivity index (χ0) is 15.4. The summed E-state index contributed by atoms with van der Waals surface area (Å²) in [6.45, 7) is 2.00. The number of aromatic amines is 1. The Bertz CT molecular complexity index is 679. The third-order valence-electron chi connectivity index (χ3n) is 2.89. The molecule has 2 rings (SSSR count). The summed E-state index contributed by atoms with van der Waals surface area (Å²) in [6.07, 6.45) is 0. The number of benzene rings is 1. The van der Waals surface area contributed by atoms with Gasteiger partial charge in [-0.2, -0.15) is 5.10 Å². The summed E-state index contributed by atoms with van der Waals surface area (Å²) in [5.74, 6) is -1.13. The number of methoxy groups -OCH3 is 1. The van der Waals surface area contributed by atoms with Gasteiger partial charge in [-0.15, -0.1) is 0 Å². The van der Waals surface area contributed by atoms with Crippen LogP contribution >= 0.6 is 0 Å². The lowest BCUT2D eigenvalue weighted by Gasteiger charge is -2.08. The first-order valence-corrected chi connectivity index (χ1v) is 6.21. The first-order valence-electron chi connectivity index (χ1n) is 6.21. The smallest absolute Gasteiger partial charge is 0.339 e. The van der Waals surface area contributed by atoms with Gasteiger partial charge in [-0.05, 0) is 30.7 Å². The van der Waals surface area contributed by atoms with Gasteiger partial charge in [0.1, 0.15) is 17.0 Å². The lowest BCUT2D eigenvalue weighted by Crippen LogP contribution is -2.23. The Hall–Kier alpha value is -2.83. The molecule has 1 aromatic carbocycles. The van der Waals surface area contributed by atoms with Gasteiger partial charge in [0.05, 0.1) is 7.11 Å². The number of rotatable bonds is 5. The molecule has 1 amide bonds. The van der Waals surface area contributed by atoms with E-state index in [2.05, 4.69) is 15.5 Å². The molecule has 21 heavy (non-hydrogen) atoms. The van der Waals surface area contributed by atoms with Crippen molar-refractivity contribution in [3.63, 3.8) is 0 Å². The highest BCUT2D eigenvalue weighted by molar-refractivity contribution is 5.92. The highest BCUT2D eigenvalue weighted by Gasteiger charge is 2.13. The van der Waals surface area contributed by atoms with Gasteiger partial charge in [0.2, 0.25) is 0 Å². The number of hydrogen-bond donors (Lipinski definition) is 3. The highest BCUT2D eigenvalue weighted by atomic mass is 16.5. The number of aromatic carboxylic acids is 1. The van der Waals surface area contributed by atoms with Crippen LogP contribution in [0, 0.1) is 6.92 Å². The fourth-order valence-electron chi connectivity index (χ4n) is 1.84. The molecule has 7 heteroatoms. The van der Waals surface area contributed by atoms with Gasteiger partial charge < -0.3 is 15.2 Å². The van der Waals surface area contributed by atoms with Crippen molar-refractivity contribution in [2.24, 2.45) is 0 Å². The SMILES string of the molecule is COc1ccc(CNC(=O)c2cc(C)[nH]n2)cc1C(=O)O. The van der Waals surface area contributed by atoms with Crippen molar-refractivity contribution in [1.29, 1.82) is 0 Å². The zero-order valence-corrected chi connectivity index (χ0v) is 11.6. The van der Waals surface area contributed by atoms with E-state index in [0.29, 0.717) is 11.3 Å². The number of amides is 1. The van der Waals surface area contributed by atoms with E-state index in [4.69, 9.17) is 9.84 Å². The van der Waals surface area contributed by atoms with Crippen LogP contribution in [0.4, 0.5) is 0 Å². The fraction of sp³-hybridized carbons (Fsp3) is 0.214. The molecule has 0 aliphatic heterocycles. The summed E-state index contributed by atoms with van der Waals surface area (Å²) >= 11 is 0. The molecule has 0 fully saturated rings. The van der Waals surface area contributed by atoms with E-state index < -0.39 is 5.97 Å². The predicted molar refractivity (Wildman–Crippen MR) is 74.4 cm³/mol. The summed E-state index contributed by atoms with van der Waals surface area (Å²) in [7, 11) is 1.41. The van der Waals surface area contributed by atoms with Crippen LogP contribution in [-0.2, 0) is 6.54 Å². The number of carbonyl (C=O) groups excluding carboxylic acids is 1. The Morgan fingerprint density at radius 1 is 1.38 bits per heavy atom. The van der Waals surface area contributed by atoms with Crippen LogP contribution in [0.5, 0.6) is 5.75 Å². The van der Waals surface area contributed by atoms with Crippen LogP contribution in [-0.4, -0.2) is 34.3 Å². The molecule has 0 radical (unpaired) electrons. The molecule has 0 aliphatic rings. The lowest BCUT2D eigenvalue weighted by atomic mass is 10.1. The maximum atomic E-state index is 11.8. The van der Waals surface area contributed by atoms with E-state index in [-0.39, 0.29) is 23.8 Å². The number of carboxylic acid groups (broad SMARTS) is 1. The maximum Gasteiger partial charge on any atom is 0.339 e. The third kappa shape index (κ3) is 3.38. The molecule has 0 bridgehead atoms. The van der Waals surface area contributed by atoms with E-state index in [1.807, 2.05) is 0 Å². The Morgan fingerprint density at radius 3 is 2.71 bits per heavy atom. The highest BCUT2D eigenvalue weighted by Crippen LogP contribution is 2.19. The number of aryl methyl sites for hydroxylation is 1. The molecule has 0 saturated carbocycles. The Morgan fingerprint density at radius 2 is 2.14 bits per heavy atom. The summed E-state index contributed by atoms with van der Waals surface area (Å²) < 4.78 is 4.98. The van der Waals surface area contributed by atoms with Crippen LogP contribution in [0.2, 0.25) is 0 Å². The van der Waals surface area contributed by atoms with Gasteiger partial charge >= 0.3 is 5.97 Å². The minimum atomic E-state index is -1.08. The van der Waals surface area contributed by atoms with E-state index in [1.54, 1.807) is 25.1 Å². The largest absolute Gasteiger partial charge is 0.496 e. The van der Waals surface area contributed by atoms with Crippen molar-refractivity contribution < 1.29 is 19.4 Å². The molecule has 3 N–H and O–H groups in total. The molecule has 110 valence electrons. The average Bonchev–Trinajstić information content (AvgIpc) is 2.91. The molecule has 0 aliphatic carbocycles. The van der Waals surface area contributed by atoms with Crippen molar-refractivity contribution in [3.8, 4) is 5.75 Å².